The Morgan fingerprint density at radius 3 is 2.81 bits per heavy atom. The van der Waals surface area contributed by atoms with Gasteiger partial charge in [0.2, 0.25) is 0 Å². The molecule has 0 bridgehead atoms. The van der Waals surface area contributed by atoms with Gasteiger partial charge in [-0.15, -0.1) is 0 Å². The van der Waals surface area contributed by atoms with Crippen molar-refractivity contribution in [2.75, 3.05) is 36.1 Å². The summed E-state index contributed by atoms with van der Waals surface area (Å²) in [6.45, 7) is 0.853. The fourth-order valence-electron chi connectivity index (χ4n) is 2.32. The van der Waals surface area contributed by atoms with Gasteiger partial charge in [-0.25, -0.2) is 9.18 Å². The predicted molar refractivity (Wildman–Crippen MR) is 77.0 cm³/mol. The van der Waals surface area contributed by atoms with Crippen molar-refractivity contribution in [1.29, 1.82) is 0 Å². The summed E-state index contributed by atoms with van der Waals surface area (Å²) in [5.41, 5.74) is 0.691. The highest BCUT2D eigenvalue weighted by molar-refractivity contribution is 7.80. The number of cyclic esters (lactones) is 1. The Balaban J connectivity index is 1.84. The largest absolute Gasteiger partial charge is 0.469 e. The molecule has 0 aliphatic carbocycles. The van der Waals surface area contributed by atoms with Gasteiger partial charge in [-0.3, -0.25) is 9.80 Å². The minimum Gasteiger partial charge on any atom is -0.469 e. The van der Waals surface area contributed by atoms with E-state index in [1.165, 1.54) is 11.0 Å². The van der Waals surface area contributed by atoms with Gasteiger partial charge >= 0.3 is 6.09 Å². The molecule has 2 heterocycles. The summed E-state index contributed by atoms with van der Waals surface area (Å²) in [4.78, 5) is 14.5. The first-order chi connectivity index (χ1) is 10.1. The zero-order valence-electron chi connectivity index (χ0n) is 11.0. The van der Waals surface area contributed by atoms with Crippen LogP contribution in [0.5, 0.6) is 0 Å². The number of carbonyl (C=O) groups excluding carboxylic acids is 1. The van der Waals surface area contributed by atoms with Gasteiger partial charge in [0.1, 0.15) is 18.5 Å². The summed E-state index contributed by atoms with van der Waals surface area (Å²) in [5.74, 6) is -0.499. The summed E-state index contributed by atoms with van der Waals surface area (Å²) >= 11 is 5.00. The van der Waals surface area contributed by atoms with Crippen LogP contribution in [-0.2, 0) is 9.47 Å². The number of hydrogen-bond acceptors (Lipinski definition) is 5. The topological polar surface area (TPSA) is 62.2 Å². The molecule has 1 N–H and O–H groups in total. The molecule has 6 nitrogen and oxygen atoms in total. The Morgan fingerprint density at radius 2 is 2.24 bits per heavy atom. The van der Waals surface area contributed by atoms with E-state index in [9.17, 15) is 9.18 Å². The average molecular weight is 312 g/mol. The summed E-state index contributed by atoms with van der Waals surface area (Å²) in [6, 6.07) is 4.41. The van der Waals surface area contributed by atoms with E-state index in [2.05, 4.69) is 0 Å². The van der Waals surface area contributed by atoms with E-state index in [-0.39, 0.29) is 18.3 Å². The zero-order chi connectivity index (χ0) is 15.0. The number of amides is 1. The lowest BCUT2D eigenvalue weighted by Crippen LogP contribution is -2.27. The lowest BCUT2D eigenvalue weighted by Gasteiger charge is -2.18. The fraction of sp³-hybridized carbons (Fsp3) is 0.385. The molecule has 1 aromatic carbocycles. The van der Waals surface area contributed by atoms with Crippen molar-refractivity contribution in [3.8, 4) is 0 Å². The quantitative estimate of drug-likeness (QED) is 0.848. The minimum absolute atomic E-state index is 0.194. The van der Waals surface area contributed by atoms with Crippen LogP contribution < -0.4 is 9.80 Å². The third kappa shape index (κ3) is 2.52. The van der Waals surface area contributed by atoms with Gasteiger partial charge < -0.3 is 14.6 Å². The lowest BCUT2D eigenvalue weighted by molar-refractivity contribution is 0.0963. The highest BCUT2D eigenvalue weighted by Gasteiger charge is 2.32. The van der Waals surface area contributed by atoms with Crippen LogP contribution in [0, 0.1) is 5.82 Å². The van der Waals surface area contributed by atoms with Crippen LogP contribution in [0.4, 0.5) is 20.6 Å². The molecule has 0 saturated carbocycles. The van der Waals surface area contributed by atoms with E-state index >= 15 is 0 Å². The molecule has 1 unspecified atom stereocenters. The smallest absolute Gasteiger partial charge is 0.414 e. The molecule has 1 aromatic rings. The van der Waals surface area contributed by atoms with E-state index in [1.807, 2.05) is 0 Å². The number of benzene rings is 1. The summed E-state index contributed by atoms with van der Waals surface area (Å²) in [6.07, 6.45) is -1.18. The van der Waals surface area contributed by atoms with Crippen molar-refractivity contribution in [1.82, 2.24) is 0 Å². The number of aliphatic hydroxyl groups is 1. The highest BCUT2D eigenvalue weighted by Crippen LogP contribution is 2.29. The first-order valence-electron chi connectivity index (χ1n) is 6.43. The molecule has 0 spiro atoms. The number of hydrogen-bond donors (Lipinski definition) is 1. The van der Waals surface area contributed by atoms with Crippen LogP contribution in [0.3, 0.4) is 0 Å². The summed E-state index contributed by atoms with van der Waals surface area (Å²) in [5, 5.41) is 9.25. The third-order valence-electron chi connectivity index (χ3n) is 3.37. The first kappa shape index (κ1) is 14.0. The molecule has 2 saturated heterocycles. The standard InChI is InChI=1S/C13H13FN2O4S/c14-10-5-8(16-6-9(7-17)20-12(16)18)1-2-11(10)15-3-4-19-13(15)21/h1-2,5,9,17H,3-4,6-7H2. The average Bonchev–Trinajstić information content (AvgIpc) is 3.05. The number of carbonyl (C=O) groups is 1. The van der Waals surface area contributed by atoms with E-state index < -0.39 is 18.0 Å². The summed E-state index contributed by atoms with van der Waals surface area (Å²) in [7, 11) is 0. The Kier molecular flexibility index (Phi) is 3.64. The lowest BCUT2D eigenvalue weighted by atomic mass is 10.2. The first-order valence-corrected chi connectivity index (χ1v) is 6.84. The molecule has 2 aliphatic rings. The van der Waals surface area contributed by atoms with Gasteiger partial charge in [-0.1, -0.05) is 0 Å². The number of anilines is 2. The van der Waals surface area contributed by atoms with Gasteiger partial charge in [0.15, 0.2) is 0 Å². The molecule has 1 atom stereocenters. The Hall–Kier alpha value is -1.93. The molecule has 8 heteroatoms. The Morgan fingerprint density at radius 1 is 1.43 bits per heavy atom. The molecule has 2 aliphatic heterocycles. The Bertz CT molecular complexity index is 598. The molecular formula is C13H13FN2O4S. The van der Waals surface area contributed by atoms with Crippen LogP contribution in [0.15, 0.2) is 18.2 Å². The van der Waals surface area contributed by atoms with E-state index in [1.54, 1.807) is 17.0 Å². The van der Waals surface area contributed by atoms with Crippen LogP contribution in [-0.4, -0.2) is 48.8 Å². The zero-order valence-corrected chi connectivity index (χ0v) is 11.8. The molecule has 0 radical (unpaired) electrons. The van der Waals surface area contributed by atoms with Crippen molar-refractivity contribution >= 4 is 34.9 Å². The molecule has 3 rings (SSSR count). The van der Waals surface area contributed by atoms with E-state index in [0.29, 0.717) is 24.5 Å². The molecule has 0 aromatic heterocycles. The third-order valence-corrected chi connectivity index (χ3v) is 3.71. The Labute approximate surface area is 125 Å². The SMILES string of the molecule is O=C1OC(CO)CN1c1ccc(N2CCOC2=S)c(F)c1. The second kappa shape index (κ2) is 5.45. The van der Waals surface area contributed by atoms with Gasteiger partial charge in [0.05, 0.1) is 31.1 Å². The number of ether oxygens (including phenoxy) is 2. The number of thiocarbonyl (C=S) groups is 1. The van der Waals surface area contributed by atoms with E-state index in [4.69, 9.17) is 26.8 Å². The minimum atomic E-state index is -0.596. The van der Waals surface area contributed by atoms with Crippen molar-refractivity contribution in [3.05, 3.63) is 24.0 Å². The number of halogens is 1. The van der Waals surface area contributed by atoms with Crippen LogP contribution >= 0.6 is 12.2 Å². The maximum Gasteiger partial charge on any atom is 0.414 e. The van der Waals surface area contributed by atoms with Crippen molar-refractivity contribution < 1.29 is 23.8 Å². The van der Waals surface area contributed by atoms with Crippen molar-refractivity contribution in [2.45, 2.75) is 6.10 Å². The summed E-state index contributed by atoms with van der Waals surface area (Å²) < 4.78 is 24.3. The predicted octanol–water partition coefficient (Wildman–Crippen LogP) is 1.26. The van der Waals surface area contributed by atoms with Crippen molar-refractivity contribution in [2.24, 2.45) is 0 Å². The van der Waals surface area contributed by atoms with Crippen molar-refractivity contribution in [3.63, 3.8) is 0 Å². The van der Waals surface area contributed by atoms with Gasteiger partial charge in [0.25, 0.3) is 5.17 Å². The molecule has 21 heavy (non-hydrogen) atoms. The van der Waals surface area contributed by atoms with Gasteiger partial charge in [-0.2, -0.15) is 0 Å². The molecule has 2 fully saturated rings. The second-order valence-electron chi connectivity index (χ2n) is 4.70. The highest BCUT2D eigenvalue weighted by atomic mass is 32.1. The number of nitrogens with zero attached hydrogens (tertiary/aromatic N) is 2. The second-order valence-corrected chi connectivity index (χ2v) is 5.05. The maximum atomic E-state index is 14.2. The normalized spacial score (nSPS) is 21.7. The number of rotatable bonds is 3. The van der Waals surface area contributed by atoms with Gasteiger partial charge in [-0.05, 0) is 30.4 Å². The van der Waals surface area contributed by atoms with Crippen LogP contribution in [0.1, 0.15) is 0 Å². The van der Waals surface area contributed by atoms with Crippen LogP contribution in [0.2, 0.25) is 0 Å². The fourth-order valence-corrected chi connectivity index (χ4v) is 2.60. The van der Waals surface area contributed by atoms with Crippen LogP contribution in [0.25, 0.3) is 0 Å². The monoisotopic (exact) mass is 312 g/mol. The molecule has 1 amide bonds. The maximum absolute atomic E-state index is 14.2. The van der Waals surface area contributed by atoms with Gasteiger partial charge in [0, 0.05) is 0 Å². The molecular weight excluding hydrogens is 299 g/mol. The van der Waals surface area contributed by atoms with E-state index in [0.717, 1.165) is 0 Å². The number of aliphatic hydroxyl groups excluding tert-OH is 1. The molecule has 112 valence electrons.